The van der Waals surface area contributed by atoms with Crippen LogP contribution in [0.2, 0.25) is 0 Å². The fourth-order valence-corrected chi connectivity index (χ4v) is 2.63. The van der Waals surface area contributed by atoms with Gasteiger partial charge in [0.25, 0.3) is 0 Å². The summed E-state index contributed by atoms with van der Waals surface area (Å²) in [7, 11) is 0. The fraction of sp³-hybridized carbons (Fsp3) is 0.929. The van der Waals surface area contributed by atoms with Crippen molar-refractivity contribution in [3.63, 3.8) is 0 Å². The molecule has 0 aromatic rings. The molecule has 0 spiro atoms. The van der Waals surface area contributed by atoms with Crippen molar-refractivity contribution in [1.82, 2.24) is 10.2 Å². The van der Waals surface area contributed by atoms with Gasteiger partial charge in [-0.25, -0.2) is 0 Å². The molecule has 0 radical (unpaired) electrons. The number of carbonyl (C=O) groups excluding carboxylic acids is 1. The van der Waals surface area contributed by atoms with E-state index in [1.54, 1.807) is 0 Å². The first-order chi connectivity index (χ1) is 8.24. The molecule has 0 bridgehead atoms. The molecule has 2 saturated carbocycles. The summed E-state index contributed by atoms with van der Waals surface area (Å²) in [6.07, 6.45) is 5.36. The van der Waals surface area contributed by atoms with E-state index in [9.17, 15) is 4.79 Å². The van der Waals surface area contributed by atoms with Crippen molar-refractivity contribution in [1.29, 1.82) is 0 Å². The molecule has 1 heterocycles. The molecule has 1 atom stereocenters. The zero-order valence-electron chi connectivity index (χ0n) is 10.8. The summed E-state index contributed by atoms with van der Waals surface area (Å²) in [5.74, 6) is 2.89. The molecular formula is C14H24N2O. The lowest BCUT2D eigenvalue weighted by molar-refractivity contribution is -0.138. The first kappa shape index (κ1) is 11.5. The Kier molecular flexibility index (Phi) is 3.12. The maximum Gasteiger partial charge on any atom is 0.225 e. The second kappa shape index (κ2) is 4.60. The minimum absolute atomic E-state index is 0.230. The molecule has 1 amide bonds. The van der Waals surface area contributed by atoms with Crippen molar-refractivity contribution >= 4 is 5.91 Å². The summed E-state index contributed by atoms with van der Waals surface area (Å²) in [5, 5.41) is 3.27. The Balaban J connectivity index is 1.56. The molecule has 0 aromatic carbocycles. The monoisotopic (exact) mass is 236 g/mol. The van der Waals surface area contributed by atoms with Gasteiger partial charge >= 0.3 is 0 Å². The Hall–Kier alpha value is -0.570. The number of hydrogen-bond donors (Lipinski definition) is 1. The number of carbonyl (C=O) groups is 1. The van der Waals surface area contributed by atoms with Crippen LogP contribution in [-0.2, 0) is 4.79 Å². The van der Waals surface area contributed by atoms with Crippen LogP contribution < -0.4 is 5.32 Å². The Morgan fingerprint density at radius 3 is 2.06 bits per heavy atom. The van der Waals surface area contributed by atoms with Crippen LogP contribution in [0.1, 0.15) is 32.6 Å². The standard InChI is InChI=1S/C14H24N2O/c1-10(13-6-15-7-13)14(17)16(8-11-2-3-11)9-12-4-5-12/h10-13,15H,2-9H2,1H3. The molecule has 17 heavy (non-hydrogen) atoms. The lowest BCUT2D eigenvalue weighted by atomic mass is 9.88. The second-order valence-electron chi connectivity index (χ2n) is 6.34. The predicted octanol–water partition coefficient (Wildman–Crippen LogP) is 1.49. The largest absolute Gasteiger partial charge is 0.342 e. The SMILES string of the molecule is CC(C(=O)N(CC1CC1)CC1CC1)C1CNC1. The number of rotatable bonds is 6. The highest BCUT2D eigenvalue weighted by atomic mass is 16.2. The highest BCUT2D eigenvalue weighted by Gasteiger charge is 2.36. The van der Waals surface area contributed by atoms with E-state index < -0.39 is 0 Å². The summed E-state index contributed by atoms with van der Waals surface area (Å²) in [6, 6.07) is 0. The number of nitrogens with zero attached hydrogens (tertiary/aromatic N) is 1. The van der Waals surface area contributed by atoms with Gasteiger partial charge in [-0.3, -0.25) is 4.79 Å². The maximum atomic E-state index is 12.5. The smallest absolute Gasteiger partial charge is 0.225 e. The van der Waals surface area contributed by atoms with Gasteiger partial charge in [-0.15, -0.1) is 0 Å². The van der Waals surface area contributed by atoms with Crippen LogP contribution in [0, 0.1) is 23.7 Å². The van der Waals surface area contributed by atoms with Gasteiger partial charge in [-0.2, -0.15) is 0 Å². The molecule has 1 N–H and O–H groups in total. The lowest BCUT2D eigenvalue weighted by Gasteiger charge is -2.35. The van der Waals surface area contributed by atoms with Crippen molar-refractivity contribution in [2.75, 3.05) is 26.2 Å². The third-order valence-electron chi connectivity index (χ3n) is 4.57. The van der Waals surface area contributed by atoms with Crippen LogP contribution in [0.25, 0.3) is 0 Å². The molecule has 3 fully saturated rings. The predicted molar refractivity (Wildman–Crippen MR) is 67.6 cm³/mol. The van der Waals surface area contributed by atoms with Crippen LogP contribution in [0.3, 0.4) is 0 Å². The van der Waals surface area contributed by atoms with Gasteiger partial charge in [0, 0.05) is 19.0 Å². The molecule has 1 saturated heterocycles. The Labute approximate surface area is 104 Å². The van der Waals surface area contributed by atoms with E-state index >= 15 is 0 Å². The summed E-state index contributed by atoms with van der Waals surface area (Å²) >= 11 is 0. The first-order valence-corrected chi connectivity index (χ1v) is 7.23. The van der Waals surface area contributed by atoms with Gasteiger partial charge in [-0.1, -0.05) is 6.92 Å². The lowest BCUT2D eigenvalue weighted by Crippen LogP contribution is -2.51. The van der Waals surface area contributed by atoms with E-state index in [4.69, 9.17) is 0 Å². The molecule has 3 heteroatoms. The average Bonchev–Trinajstić information content (AvgIpc) is 3.06. The van der Waals surface area contributed by atoms with Crippen LogP contribution in [0.4, 0.5) is 0 Å². The van der Waals surface area contributed by atoms with Crippen LogP contribution in [0.5, 0.6) is 0 Å². The maximum absolute atomic E-state index is 12.5. The van der Waals surface area contributed by atoms with Gasteiger partial charge in [0.2, 0.25) is 5.91 Å². The van der Waals surface area contributed by atoms with E-state index in [-0.39, 0.29) is 5.92 Å². The normalized spacial score (nSPS) is 26.4. The topological polar surface area (TPSA) is 32.3 Å². The minimum atomic E-state index is 0.230. The fourth-order valence-electron chi connectivity index (χ4n) is 2.63. The van der Waals surface area contributed by atoms with Gasteiger partial charge in [0.05, 0.1) is 0 Å². The van der Waals surface area contributed by atoms with E-state index in [0.717, 1.165) is 38.0 Å². The summed E-state index contributed by atoms with van der Waals surface area (Å²) < 4.78 is 0. The van der Waals surface area contributed by atoms with Crippen molar-refractivity contribution < 1.29 is 4.79 Å². The number of hydrogen-bond acceptors (Lipinski definition) is 2. The van der Waals surface area contributed by atoms with Crippen molar-refractivity contribution in [3.8, 4) is 0 Å². The van der Waals surface area contributed by atoms with E-state index in [2.05, 4.69) is 17.1 Å². The van der Waals surface area contributed by atoms with Gasteiger partial charge < -0.3 is 10.2 Å². The quantitative estimate of drug-likeness (QED) is 0.758. The Morgan fingerprint density at radius 2 is 1.71 bits per heavy atom. The molecule has 0 aromatic heterocycles. The van der Waals surface area contributed by atoms with Crippen LogP contribution in [0.15, 0.2) is 0 Å². The van der Waals surface area contributed by atoms with Crippen LogP contribution >= 0.6 is 0 Å². The molecule has 1 aliphatic heterocycles. The molecule has 2 aliphatic carbocycles. The van der Waals surface area contributed by atoms with E-state index in [0.29, 0.717) is 11.8 Å². The minimum Gasteiger partial charge on any atom is -0.342 e. The summed E-state index contributed by atoms with van der Waals surface area (Å²) in [5.41, 5.74) is 0. The summed E-state index contributed by atoms with van der Waals surface area (Å²) in [6.45, 7) is 6.28. The van der Waals surface area contributed by atoms with E-state index in [1.807, 2.05) is 0 Å². The van der Waals surface area contributed by atoms with Gasteiger partial charge in [0.15, 0.2) is 0 Å². The van der Waals surface area contributed by atoms with Crippen molar-refractivity contribution in [2.45, 2.75) is 32.6 Å². The molecule has 3 rings (SSSR count). The Morgan fingerprint density at radius 1 is 1.18 bits per heavy atom. The van der Waals surface area contributed by atoms with Crippen molar-refractivity contribution in [3.05, 3.63) is 0 Å². The highest BCUT2D eigenvalue weighted by molar-refractivity contribution is 5.79. The average molecular weight is 236 g/mol. The zero-order chi connectivity index (χ0) is 11.8. The number of amides is 1. The highest BCUT2D eigenvalue weighted by Crippen LogP contribution is 2.34. The zero-order valence-corrected chi connectivity index (χ0v) is 10.8. The molecule has 3 nitrogen and oxygen atoms in total. The number of nitrogens with one attached hydrogen (secondary N) is 1. The third-order valence-corrected chi connectivity index (χ3v) is 4.57. The molecule has 3 aliphatic rings. The first-order valence-electron chi connectivity index (χ1n) is 7.23. The third kappa shape index (κ3) is 2.82. The molecule has 1 unspecified atom stereocenters. The summed E-state index contributed by atoms with van der Waals surface area (Å²) in [4.78, 5) is 14.7. The molecule has 96 valence electrons. The second-order valence-corrected chi connectivity index (χ2v) is 6.34. The van der Waals surface area contributed by atoms with Crippen molar-refractivity contribution in [2.24, 2.45) is 23.7 Å². The molecular weight excluding hydrogens is 212 g/mol. The van der Waals surface area contributed by atoms with E-state index in [1.165, 1.54) is 25.7 Å². The van der Waals surface area contributed by atoms with Gasteiger partial charge in [-0.05, 0) is 56.5 Å². The van der Waals surface area contributed by atoms with Gasteiger partial charge in [0.1, 0.15) is 0 Å². The Bertz CT molecular complexity index is 279. The van der Waals surface area contributed by atoms with Crippen LogP contribution in [-0.4, -0.2) is 37.0 Å².